The van der Waals surface area contributed by atoms with Crippen molar-refractivity contribution in [2.45, 2.75) is 39.3 Å². The van der Waals surface area contributed by atoms with Gasteiger partial charge in [0.05, 0.1) is 19.3 Å². The molecule has 2 atom stereocenters. The lowest BCUT2D eigenvalue weighted by Gasteiger charge is -2.25. The minimum Gasteiger partial charge on any atom is -0.497 e. The number of methoxy groups -OCH3 is 1. The molecule has 0 saturated carbocycles. The Morgan fingerprint density at radius 2 is 1.83 bits per heavy atom. The number of hydrogen-bond acceptors (Lipinski definition) is 3. The zero-order valence-electron chi connectivity index (χ0n) is 11.9. The molecule has 0 saturated heterocycles. The Bertz CT molecular complexity index is 324. The fraction of sp³-hybridized carbons (Fsp3) is 0.600. The molecule has 0 aliphatic heterocycles. The lowest BCUT2D eigenvalue weighted by Crippen LogP contribution is -2.32. The van der Waals surface area contributed by atoms with Crippen molar-refractivity contribution in [1.82, 2.24) is 5.32 Å². The van der Waals surface area contributed by atoms with E-state index in [1.807, 2.05) is 12.1 Å². The van der Waals surface area contributed by atoms with Gasteiger partial charge in [0.25, 0.3) is 0 Å². The maximum atomic E-state index is 5.82. The highest BCUT2D eigenvalue weighted by atomic mass is 16.5. The van der Waals surface area contributed by atoms with Crippen molar-refractivity contribution in [3.8, 4) is 5.75 Å². The lowest BCUT2D eigenvalue weighted by atomic mass is 10.0. The van der Waals surface area contributed by atoms with E-state index < -0.39 is 0 Å². The van der Waals surface area contributed by atoms with Crippen LogP contribution < -0.4 is 10.1 Å². The standard InChI is InChI=1S/C15H25NO2/c1-5-11-18-12(3)15(16-6-2)13-7-9-14(17-4)10-8-13/h7-10,12,15-16H,5-6,11H2,1-4H3. The summed E-state index contributed by atoms with van der Waals surface area (Å²) in [4.78, 5) is 0. The number of benzene rings is 1. The van der Waals surface area contributed by atoms with Crippen molar-refractivity contribution in [3.05, 3.63) is 29.8 Å². The summed E-state index contributed by atoms with van der Waals surface area (Å²) in [5, 5.41) is 3.48. The molecule has 0 bridgehead atoms. The van der Waals surface area contributed by atoms with Crippen LogP contribution in [-0.4, -0.2) is 26.4 Å². The van der Waals surface area contributed by atoms with Crippen LogP contribution in [0.25, 0.3) is 0 Å². The van der Waals surface area contributed by atoms with Crippen LogP contribution in [0.3, 0.4) is 0 Å². The Kier molecular flexibility index (Phi) is 6.76. The monoisotopic (exact) mass is 251 g/mol. The molecule has 18 heavy (non-hydrogen) atoms. The zero-order valence-corrected chi connectivity index (χ0v) is 11.9. The van der Waals surface area contributed by atoms with E-state index >= 15 is 0 Å². The van der Waals surface area contributed by atoms with Gasteiger partial charge in [-0.25, -0.2) is 0 Å². The highest BCUT2D eigenvalue weighted by molar-refractivity contribution is 5.29. The summed E-state index contributed by atoms with van der Waals surface area (Å²) in [7, 11) is 1.68. The van der Waals surface area contributed by atoms with E-state index in [-0.39, 0.29) is 12.1 Å². The van der Waals surface area contributed by atoms with Crippen LogP contribution in [-0.2, 0) is 4.74 Å². The van der Waals surface area contributed by atoms with E-state index in [4.69, 9.17) is 9.47 Å². The van der Waals surface area contributed by atoms with E-state index in [1.165, 1.54) is 5.56 Å². The summed E-state index contributed by atoms with van der Waals surface area (Å²) in [5.41, 5.74) is 1.24. The molecule has 1 aromatic rings. The molecule has 2 unspecified atom stereocenters. The molecule has 1 rings (SSSR count). The van der Waals surface area contributed by atoms with E-state index in [0.29, 0.717) is 0 Å². The molecule has 0 amide bonds. The molecule has 1 N–H and O–H groups in total. The molecular weight excluding hydrogens is 226 g/mol. The summed E-state index contributed by atoms with van der Waals surface area (Å²) in [6.07, 6.45) is 1.21. The molecule has 3 heteroatoms. The molecule has 1 aromatic carbocycles. The fourth-order valence-corrected chi connectivity index (χ4v) is 1.99. The van der Waals surface area contributed by atoms with Crippen LogP contribution in [0, 0.1) is 0 Å². The first-order valence-electron chi connectivity index (χ1n) is 6.71. The molecule has 0 heterocycles. The van der Waals surface area contributed by atoms with E-state index in [2.05, 4.69) is 38.2 Å². The minimum absolute atomic E-state index is 0.165. The lowest BCUT2D eigenvalue weighted by molar-refractivity contribution is 0.0392. The van der Waals surface area contributed by atoms with E-state index in [1.54, 1.807) is 7.11 Å². The normalized spacial score (nSPS) is 14.2. The van der Waals surface area contributed by atoms with Gasteiger partial charge in [-0.05, 0) is 37.6 Å². The highest BCUT2D eigenvalue weighted by Crippen LogP contribution is 2.22. The number of ether oxygens (including phenoxy) is 2. The second kappa shape index (κ2) is 8.11. The quantitative estimate of drug-likeness (QED) is 0.770. The first-order valence-corrected chi connectivity index (χ1v) is 6.71. The third-order valence-electron chi connectivity index (χ3n) is 2.95. The summed E-state index contributed by atoms with van der Waals surface area (Å²) >= 11 is 0. The molecule has 0 aliphatic carbocycles. The Balaban J connectivity index is 2.75. The van der Waals surface area contributed by atoms with Gasteiger partial charge in [-0.3, -0.25) is 0 Å². The molecule has 3 nitrogen and oxygen atoms in total. The molecule has 0 fully saturated rings. The van der Waals surface area contributed by atoms with Crippen molar-refractivity contribution in [3.63, 3.8) is 0 Å². The molecule has 0 radical (unpaired) electrons. The van der Waals surface area contributed by atoms with Crippen LogP contribution in [0.1, 0.15) is 38.8 Å². The number of hydrogen-bond donors (Lipinski definition) is 1. The molecule has 0 spiro atoms. The molecule has 0 aromatic heterocycles. The predicted molar refractivity (Wildman–Crippen MR) is 75.1 cm³/mol. The number of nitrogens with one attached hydrogen (secondary N) is 1. The van der Waals surface area contributed by atoms with Gasteiger partial charge in [0, 0.05) is 6.61 Å². The van der Waals surface area contributed by atoms with Crippen molar-refractivity contribution in [2.24, 2.45) is 0 Å². The van der Waals surface area contributed by atoms with Crippen LogP contribution in [0.2, 0.25) is 0 Å². The SMILES string of the molecule is CCCOC(C)C(NCC)c1ccc(OC)cc1. The fourth-order valence-electron chi connectivity index (χ4n) is 1.99. The van der Waals surface area contributed by atoms with E-state index in [9.17, 15) is 0 Å². The number of rotatable bonds is 8. The van der Waals surface area contributed by atoms with Crippen LogP contribution in [0.15, 0.2) is 24.3 Å². The maximum Gasteiger partial charge on any atom is 0.118 e. The molecule has 102 valence electrons. The van der Waals surface area contributed by atoms with Crippen molar-refractivity contribution < 1.29 is 9.47 Å². The van der Waals surface area contributed by atoms with Crippen molar-refractivity contribution >= 4 is 0 Å². The van der Waals surface area contributed by atoms with Gasteiger partial charge in [0.15, 0.2) is 0 Å². The summed E-state index contributed by atoms with van der Waals surface area (Å²) in [6, 6.07) is 8.40. The minimum atomic E-state index is 0.165. The topological polar surface area (TPSA) is 30.5 Å². The Hall–Kier alpha value is -1.06. The Morgan fingerprint density at radius 1 is 1.17 bits per heavy atom. The smallest absolute Gasteiger partial charge is 0.118 e. The van der Waals surface area contributed by atoms with Gasteiger partial charge in [-0.1, -0.05) is 26.0 Å². The van der Waals surface area contributed by atoms with Gasteiger partial charge in [-0.15, -0.1) is 0 Å². The predicted octanol–water partition coefficient (Wildman–Crippen LogP) is 3.16. The van der Waals surface area contributed by atoms with Crippen LogP contribution in [0.5, 0.6) is 5.75 Å². The average molecular weight is 251 g/mol. The zero-order chi connectivity index (χ0) is 13.4. The largest absolute Gasteiger partial charge is 0.497 e. The summed E-state index contributed by atoms with van der Waals surface area (Å²) < 4.78 is 11.0. The third-order valence-corrected chi connectivity index (χ3v) is 2.95. The first kappa shape index (κ1) is 15.0. The second-order valence-electron chi connectivity index (χ2n) is 4.38. The molecule has 0 aliphatic rings. The van der Waals surface area contributed by atoms with E-state index in [0.717, 1.165) is 25.3 Å². The average Bonchev–Trinajstić information content (AvgIpc) is 2.42. The van der Waals surface area contributed by atoms with Crippen LogP contribution >= 0.6 is 0 Å². The van der Waals surface area contributed by atoms with Gasteiger partial charge in [0.2, 0.25) is 0 Å². The third kappa shape index (κ3) is 4.31. The molecular formula is C15H25NO2. The second-order valence-corrected chi connectivity index (χ2v) is 4.38. The van der Waals surface area contributed by atoms with Gasteiger partial charge in [0.1, 0.15) is 5.75 Å². The number of likely N-dealkylation sites (N-methyl/N-ethyl adjacent to an activating group) is 1. The van der Waals surface area contributed by atoms with Crippen molar-refractivity contribution in [2.75, 3.05) is 20.3 Å². The van der Waals surface area contributed by atoms with Gasteiger partial charge < -0.3 is 14.8 Å². The van der Waals surface area contributed by atoms with Crippen LogP contribution in [0.4, 0.5) is 0 Å². The van der Waals surface area contributed by atoms with Gasteiger partial charge >= 0.3 is 0 Å². The Morgan fingerprint density at radius 3 is 2.33 bits per heavy atom. The maximum absolute atomic E-state index is 5.82. The van der Waals surface area contributed by atoms with Gasteiger partial charge in [-0.2, -0.15) is 0 Å². The summed E-state index contributed by atoms with van der Waals surface area (Å²) in [5.74, 6) is 0.885. The Labute approximate surface area is 110 Å². The first-order chi connectivity index (χ1) is 8.72. The summed E-state index contributed by atoms with van der Waals surface area (Å²) in [6.45, 7) is 8.09. The van der Waals surface area contributed by atoms with Crippen molar-refractivity contribution in [1.29, 1.82) is 0 Å². The highest BCUT2D eigenvalue weighted by Gasteiger charge is 2.18.